The van der Waals surface area contributed by atoms with Crippen LogP contribution < -0.4 is 0 Å². The highest BCUT2D eigenvalue weighted by Crippen LogP contribution is 2.35. The minimum absolute atomic E-state index is 0.147. The van der Waals surface area contributed by atoms with Crippen molar-refractivity contribution < 1.29 is 9.84 Å². The molecule has 0 saturated heterocycles. The van der Waals surface area contributed by atoms with Crippen molar-refractivity contribution in [2.45, 2.75) is 76.8 Å². The van der Waals surface area contributed by atoms with E-state index in [-0.39, 0.29) is 6.10 Å². The van der Waals surface area contributed by atoms with Gasteiger partial charge >= 0.3 is 0 Å². The topological polar surface area (TPSA) is 60.2 Å². The largest absolute Gasteiger partial charge is 0.390 e. The highest BCUT2D eigenvalue weighted by Gasteiger charge is 2.24. The predicted octanol–water partition coefficient (Wildman–Crippen LogP) is 3.22. The molecular weight excluding hydrogens is 298 g/mol. The van der Waals surface area contributed by atoms with E-state index in [1.54, 1.807) is 11.8 Å². The van der Waals surface area contributed by atoms with Crippen LogP contribution in [0.4, 0.5) is 0 Å². The summed E-state index contributed by atoms with van der Waals surface area (Å²) in [5.41, 5.74) is 0. The fourth-order valence-corrected chi connectivity index (χ4v) is 3.98. The second kappa shape index (κ2) is 8.31. The van der Waals surface area contributed by atoms with Gasteiger partial charge in [-0.15, -0.1) is 10.2 Å². The monoisotopic (exact) mass is 327 g/mol. The van der Waals surface area contributed by atoms with Crippen LogP contribution in [0.2, 0.25) is 0 Å². The van der Waals surface area contributed by atoms with Crippen molar-refractivity contribution in [1.82, 2.24) is 14.8 Å². The van der Waals surface area contributed by atoms with Gasteiger partial charge in [0.05, 0.1) is 18.8 Å². The van der Waals surface area contributed by atoms with Crippen LogP contribution in [-0.4, -0.2) is 44.4 Å². The van der Waals surface area contributed by atoms with E-state index < -0.39 is 6.10 Å². The maximum Gasteiger partial charge on any atom is 0.191 e. The average Bonchev–Trinajstić information content (AvgIpc) is 2.84. The number of hydrogen-bond donors (Lipinski definition) is 1. The Morgan fingerprint density at radius 2 is 2.14 bits per heavy atom. The Balaban J connectivity index is 1.94. The molecule has 1 aliphatic rings. The van der Waals surface area contributed by atoms with Crippen molar-refractivity contribution in [1.29, 1.82) is 0 Å². The van der Waals surface area contributed by atoms with Gasteiger partial charge in [0.1, 0.15) is 5.82 Å². The quantitative estimate of drug-likeness (QED) is 0.779. The first-order valence-corrected chi connectivity index (χ1v) is 9.30. The lowest BCUT2D eigenvalue weighted by molar-refractivity contribution is 0.0152. The summed E-state index contributed by atoms with van der Waals surface area (Å²) in [6.07, 6.45) is 4.68. The summed E-state index contributed by atoms with van der Waals surface area (Å²) in [7, 11) is 0. The summed E-state index contributed by atoms with van der Waals surface area (Å²) >= 11 is 1.58. The zero-order chi connectivity index (χ0) is 16.1. The van der Waals surface area contributed by atoms with E-state index in [1.807, 2.05) is 20.8 Å². The Hall–Kier alpha value is -0.590. The maximum absolute atomic E-state index is 10.0. The zero-order valence-electron chi connectivity index (χ0n) is 14.2. The first kappa shape index (κ1) is 17.8. The molecular formula is C16H29N3O2S. The van der Waals surface area contributed by atoms with E-state index in [2.05, 4.69) is 21.7 Å². The number of aliphatic hydroxyl groups excluding tert-OH is 1. The average molecular weight is 327 g/mol. The number of ether oxygens (including phenoxy) is 1. The number of rotatable bonds is 7. The van der Waals surface area contributed by atoms with Crippen LogP contribution >= 0.6 is 11.8 Å². The third kappa shape index (κ3) is 4.96. The highest BCUT2D eigenvalue weighted by atomic mass is 32.2. The SMILES string of the molecule is Cc1nnc(SCC(O)COC(C)C)n1C1CCCC(C)C1. The number of aryl methyl sites for hydroxylation is 1. The van der Waals surface area contributed by atoms with Crippen LogP contribution in [0.5, 0.6) is 0 Å². The second-order valence-corrected chi connectivity index (χ2v) is 7.66. The first-order valence-electron chi connectivity index (χ1n) is 8.31. The van der Waals surface area contributed by atoms with Gasteiger partial charge < -0.3 is 14.4 Å². The molecule has 3 atom stereocenters. The van der Waals surface area contributed by atoms with Gasteiger partial charge in [-0.1, -0.05) is 31.5 Å². The van der Waals surface area contributed by atoms with Gasteiger partial charge in [-0.2, -0.15) is 0 Å². The Kier molecular flexibility index (Phi) is 6.71. The molecule has 2 rings (SSSR count). The zero-order valence-corrected chi connectivity index (χ0v) is 15.0. The number of hydrogen-bond acceptors (Lipinski definition) is 5. The van der Waals surface area contributed by atoms with Crippen molar-refractivity contribution >= 4 is 11.8 Å². The summed E-state index contributed by atoms with van der Waals surface area (Å²) in [5, 5.41) is 19.5. The van der Waals surface area contributed by atoms with Gasteiger partial charge in [0, 0.05) is 11.8 Å². The molecule has 0 radical (unpaired) electrons. The van der Waals surface area contributed by atoms with Crippen LogP contribution in [0.25, 0.3) is 0 Å². The Morgan fingerprint density at radius 1 is 1.36 bits per heavy atom. The van der Waals surface area contributed by atoms with Crippen LogP contribution in [0.1, 0.15) is 58.3 Å². The fraction of sp³-hybridized carbons (Fsp3) is 0.875. The van der Waals surface area contributed by atoms with Crippen LogP contribution in [0.3, 0.4) is 0 Å². The molecule has 0 amide bonds. The molecule has 6 heteroatoms. The summed E-state index contributed by atoms with van der Waals surface area (Å²) in [4.78, 5) is 0. The molecule has 0 bridgehead atoms. The van der Waals surface area contributed by atoms with E-state index in [4.69, 9.17) is 4.74 Å². The van der Waals surface area contributed by atoms with E-state index in [0.29, 0.717) is 18.4 Å². The predicted molar refractivity (Wildman–Crippen MR) is 89.2 cm³/mol. The van der Waals surface area contributed by atoms with Crippen molar-refractivity contribution in [3.63, 3.8) is 0 Å². The lowest BCUT2D eigenvalue weighted by Crippen LogP contribution is -2.22. The number of nitrogens with zero attached hydrogens (tertiary/aromatic N) is 3. The number of aliphatic hydroxyl groups is 1. The number of aromatic nitrogens is 3. The van der Waals surface area contributed by atoms with Crippen molar-refractivity contribution in [2.24, 2.45) is 5.92 Å². The number of thioether (sulfide) groups is 1. The highest BCUT2D eigenvalue weighted by molar-refractivity contribution is 7.99. The normalized spacial score (nSPS) is 23.9. The van der Waals surface area contributed by atoms with Crippen molar-refractivity contribution in [2.75, 3.05) is 12.4 Å². The molecule has 1 heterocycles. The van der Waals surface area contributed by atoms with Gasteiger partial charge in [-0.05, 0) is 39.5 Å². The van der Waals surface area contributed by atoms with Gasteiger partial charge in [0.2, 0.25) is 0 Å². The van der Waals surface area contributed by atoms with Crippen LogP contribution in [0.15, 0.2) is 5.16 Å². The Morgan fingerprint density at radius 3 is 2.82 bits per heavy atom. The Bertz CT molecular complexity index is 464. The molecule has 0 aliphatic heterocycles. The van der Waals surface area contributed by atoms with Crippen molar-refractivity contribution in [3.8, 4) is 0 Å². The first-order chi connectivity index (χ1) is 10.5. The minimum Gasteiger partial charge on any atom is -0.390 e. The molecule has 1 saturated carbocycles. The third-order valence-electron chi connectivity index (χ3n) is 4.14. The van der Waals surface area contributed by atoms with E-state index in [0.717, 1.165) is 16.9 Å². The molecule has 22 heavy (non-hydrogen) atoms. The minimum atomic E-state index is -0.469. The van der Waals surface area contributed by atoms with E-state index in [9.17, 15) is 5.11 Å². The lowest BCUT2D eigenvalue weighted by Gasteiger charge is -2.29. The second-order valence-electron chi connectivity index (χ2n) is 6.67. The molecule has 0 aromatic carbocycles. The molecule has 1 aliphatic carbocycles. The van der Waals surface area contributed by atoms with Crippen LogP contribution in [-0.2, 0) is 4.74 Å². The lowest BCUT2D eigenvalue weighted by atomic mass is 9.87. The molecule has 1 N–H and O–H groups in total. The third-order valence-corrected chi connectivity index (χ3v) is 5.22. The molecule has 1 aromatic heterocycles. The molecule has 5 nitrogen and oxygen atoms in total. The molecule has 1 aromatic rings. The summed E-state index contributed by atoms with van der Waals surface area (Å²) < 4.78 is 7.73. The fourth-order valence-electron chi connectivity index (χ4n) is 3.03. The molecule has 126 valence electrons. The van der Waals surface area contributed by atoms with E-state index >= 15 is 0 Å². The maximum atomic E-state index is 10.0. The van der Waals surface area contributed by atoms with Crippen LogP contribution in [0, 0.1) is 12.8 Å². The standard InChI is InChI=1S/C16H29N3O2S/c1-11(2)21-9-15(20)10-22-16-18-17-13(4)19(16)14-7-5-6-12(3)8-14/h11-12,14-15,20H,5-10H2,1-4H3. The Labute approximate surface area is 137 Å². The molecule has 0 spiro atoms. The molecule has 1 fully saturated rings. The van der Waals surface area contributed by atoms with Gasteiger partial charge in [-0.3, -0.25) is 0 Å². The van der Waals surface area contributed by atoms with Gasteiger partial charge in [0.25, 0.3) is 0 Å². The van der Waals surface area contributed by atoms with Gasteiger partial charge in [-0.25, -0.2) is 0 Å². The summed E-state index contributed by atoms with van der Waals surface area (Å²) in [6, 6.07) is 0.505. The summed E-state index contributed by atoms with van der Waals surface area (Å²) in [5.74, 6) is 2.34. The summed E-state index contributed by atoms with van der Waals surface area (Å²) in [6.45, 7) is 8.67. The van der Waals surface area contributed by atoms with E-state index in [1.165, 1.54) is 25.7 Å². The smallest absolute Gasteiger partial charge is 0.191 e. The molecule has 3 unspecified atom stereocenters. The van der Waals surface area contributed by atoms with Crippen molar-refractivity contribution in [3.05, 3.63) is 5.82 Å². The van der Waals surface area contributed by atoms with Gasteiger partial charge in [0.15, 0.2) is 5.16 Å².